The number of hydrogen-bond donors (Lipinski definition) is 2. The van der Waals surface area contributed by atoms with E-state index < -0.39 is 11.9 Å². The molecule has 0 spiro atoms. The summed E-state index contributed by atoms with van der Waals surface area (Å²) >= 11 is 0. The summed E-state index contributed by atoms with van der Waals surface area (Å²) in [6, 6.07) is 12.7. The lowest BCUT2D eigenvalue weighted by Crippen LogP contribution is -2.45. The van der Waals surface area contributed by atoms with E-state index in [-0.39, 0.29) is 5.82 Å². The van der Waals surface area contributed by atoms with Crippen LogP contribution < -0.4 is 9.47 Å². The Balaban J connectivity index is 0.000000501. The minimum atomic E-state index is -1.82. The van der Waals surface area contributed by atoms with Gasteiger partial charge in [0.15, 0.2) is 0 Å². The minimum absolute atomic E-state index is 0.180. The Morgan fingerprint density at radius 2 is 1.42 bits per heavy atom. The molecule has 2 aromatic carbocycles. The number of piperazine rings is 1. The Kier molecular flexibility index (Phi) is 9.23. The van der Waals surface area contributed by atoms with Crippen LogP contribution in [0.5, 0.6) is 11.5 Å². The van der Waals surface area contributed by atoms with Gasteiger partial charge in [0.2, 0.25) is 0 Å². The fraction of sp³-hybridized carbons (Fsp3) is 0.364. The third-order valence-electron chi connectivity index (χ3n) is 4.85. The molecular formula is C22H27FN2O6. The van der Waals surface area contributed by atoms with E-state index in [2.05, 4.69) is 9.80 Å². The van der Waals surface area contributed by atoms with Crippen molar-refractivity contribution >= 4 is 11.9 Å². The van der Waals surface area contributed by atoms with Crippen molar-refractivity contribution in [3.8, 4) is 11.5 Å². The predicted molar refractivity (Wildman–Crippen MR) is 112 cm³/mol. The minimum Gasteiger partial charge on any atom is -0.497 e. The lowest BCUT2D eigenvalue weighted by molar-refractivity contribution is -0.159. The first-order chi connectivity index (χ1) is 14.8. The Morgan fingerprint density at radius 1 is 0.871 bits per heavy atom. The summed E-state index contributed by atoms with van der Waals surface area (Å²) in [5.74, 6) is -2.08. The second-order valence-electron chi connectivity index (χ2n) is 6.97. The van der Waals surface area contributed by atoms with Gasteiger partial charge in [0, 0.05) is 44.8 Å². The lowest BCUT2D eigenvalue weighted by Gasteiger charge is -2.35. The van der Waals surface area contributed by atoms with E-state index in [0.29, 0.717) is 0 Å². The lowest BCUT2D eigenvalue weighted by atomic mass is 10.1. The highest BCUT2D eigenvalue weighted by Gasteiger charge is 2.18. The number of benzene rings is 2. The zero-order valence-electron chi connectivity index (χ0n) is 17.6. The van der Waals surface area contributed by atoms with Gasteiger partial charge in [0.1, 0.15) is 17.3 Å². The van der Waals surface area contributed by atoms with Gasteiger partial charge in [0.05, 0.1) is 14.2 Å². The molecule has 0 unspecified atom stereocenters. The van der Waals surface area contributed by atoms with Crippen LogP contribution in [0.3, 0.4) is 0 Å². The molecule has 8 nitrogen and oxygen atoms in total. The second-order valence-corrected chi connectivity index (χ2v) is 6.97. The number of nitrogens with zero attached hydrogens (tertiary/aromatic N) is 2. The highest BCUT2D eigenvalue weighted by molar-refractivity contribution is 6.27. The molecule has 168 valence electrons. The van der Waals surface area contributed by atoms with Crippen LogP contribution in [-0.4, -0.2) is 72.4 Å². The fourth-order valence-corrected chi connectivity index (χ4v) is 3.20. The molecule has 1 heterocycles. The van der Waals surface area contributed by atoms with Crippen LogP contribution in [0.2, 0.25) is 0 Å². The zero-order chi connectivity index (χ0) is 22.8. The summed E-state index contributed by atoms with van der Waals surface area (Å²) in [6.45, 7) is 5.73. The van der Waals surface area contributed by atoms with Crippen LogP contribution in [0.1, 0.15) is 11.1 Å². The number of carboxylic acids is 2. The first-order valence-corrected chi connectivity index (χ1v) is 9.68. The van der Waals surface area contributed by atoms with Crippen molar-refractivity contribution in [3.05, 3.63) is 59.4 Å². The quantitative estimate of drug-likeness (QED) is 0.669. The third kappa shape index (κ3) is 7.88. The topological polar surface area (TPSA) is 99.5 Å². The predicted octanol–water partition coefficient (Wildman–Crippen LogP) is 2.32. The number of carbonyl (C=O) groups is 2. The van der Waals surface area contributed by atoms with Gasteiger partial charge in [-0.05, 0) is 35.9 Å². The molecule has 0 radical (unpaired) electrons. The zero-order valence-corrected chi connectivity index (χ0v) is 17.6. The summed E-state index contributed by atoms with van der Waals surface area (Å²) < 4.78 is 23.8. The molecule has 1 fully saturated rings. The van der Waals surface area contributed by atoms with E-state index in [9.17, 15) is 4.39 Å². The van der Waals surface area contributed by atoms with Gasteiger partial charge in [-0.2, -0.15) is 0 Å². The van der Waals surface area contributed by atoms with Gasteiger partial charge >= 0.3 is 11.9 Å². The van der Waals surface area contributed by atoms with E-state index in [1.54, 1.807) is 14.2 Å². The number of halogens is 1. The van der Waals surface area contributed by atoms with Gasteiger partial charge in [-0.15, -0.1) is 0 Å². The molecule has 0 atom stereocenters. The van der Waals surface area contributed by atoms with Crippen molar-refractivity contribution in [2.45, 2.75) is 13.1 Å². The standard InChI is InChI=1S/C20H25FN2O2.C2H2O4/c1-24-19-7-8-20(25-2)17(13-19)15-23-11-9-22(10-12-23)14-16-3-5-18(21)6-4-16;3-1(4)2(5)6/h3-8,13H,9-12,14-15H2,1-2H3;(H,3,4)(H,5,6). The van der Waals surface area contributed by atoms with Crippen molar-refractivity contribution in [2.75, 3.05) is 40.4 Å². The monoisotopic (exact) mass is 434 g/mol. The summed E-state index contributed by atoms with van der Waals surface area (Å²) in [4.78, 5) is 23.0. The van der Waals surface area contributed by atoms with E-state index in [1.807, 2.05) is 30.3 Å². The molecule has 0 aliphatic carbocycles. The molecule has 0 aromatic heterocycles. The second kappa shape index (κ2) is 11.9. The first kappa shape index (κ1) is 24.1. The van der Waals surface area contributed by atoms with Gasteiger partial charge < -0.3 is 19.7 Å². The fourth-order valence-electron chi connectivity index (χ4n) is 3.20. The van der Waals surface area contributed by atoms with Crippen LogP contribution in [-0.2, 0) is 22.7 Å². The van der Waals surface area contributed by atoms with Gasteiger partial charge in [0.25, 0.3) is 0 Å². The van der Waals surface area contributed by atoms with Crippen molar-refractivity contribution in [2.24, 2.45) is 0 Å². The van der Waals surface area contributed by atoms with Crippen molar-refractivity contribution < 1.29 is 33.7 Å². The maximum atomic E-state index is 13.0. The van der Waals surface area contributed by atoms with E-state index in [0.717, 1.165) is 61.9 Å². The molecule has 1 saturated heterocycles. The summed E-state index contributed by atoms with van der Waals surface area (Å²) in [5, 5.41) is 14.8. The van der Waals surface area contributed by atoms with Crippen LogP contribution in [0.25, 0.3) is 0 Å². The van der Waals surface area contributed by atoms with Crippen LogP contribution in [0.4, 0.5) is 4.39 Å². The number of carboxylic acid groups (broad SMARTS) is 2. The molecule has 9 heteroatoms. The highest BCUT2D eigenvalue weighted by Crippen LogP contribution is 2.25. The maximum Gasteiger partial charge on any atom is 0.414 e. The summed E-state index contributed by atoms with van der Waals surface area (Å²) in [6.07, 6.45) is 0. The molecule has 0 bridgehead atoms. The average molecular weight is 434 g/mol. The smallest absolute Gasteiger partial charge is 0.414 e. The Bertz CT molecular complexity index is 855. The molecule has 31 heavy (non-hydrogen) atoms. The largest absolute Gasteiger partial charge is 0.497 e. The summed E-state index contributed by atoms with van der Waals surface area (Å²) in [5.41, 5.74) is 2.30. The molecular weight excluding hydrogens is 407 g/mol. The van der Waals surface area contributed by atoms with Crippen LogP contribution >= 0.6 is 0 Å². The number of methoxy groups -OCH3 is 2. The third-order valence-corrected chi connectivity index (χ3v) is 4.85. The SMILES string of the molecule is COc1ccc(OC)c(CN2CCN(Cc3ccc(F)cc3)CC2)c1.O=C(O)C(=O)O. The Morgan fingerprint density at radius 3 is 1.90 bits per heavy atom. The number of rotatable bonds is 6. The Labute approximate surface area is 180 Å². The van der Waals surface area contributed by atoms with E-state index >= 15 is 0 Å². The van der Waals surface area contributed by atoms with Crippen molar-refractivity contribution in [1.82, 2.24) is 9.80 Å². The van der Waals surface area contributed by atoms with Crippen molar-refractivity contribution in [1.29, 1.82) is 0 Å². The summed E-state index contributed by atoms with van der Waals surface area (Å²) in [7, 11) is 3.38. The van der Waals surface area contributed by atoms with Crippen LogP contribution in [0.15, 0.2) is 42.5 Å². The molecule has 3 rings (SSSR count). The normalized spacial score (nSPS) is 14.3. The number of hydrogen-bond acceptors (Lipinski definition) is 6. The van der Waals surface area contributed by atoms with Gasteiger partial charge in [-0.3, -0.25) is 9.80 Å². The van der Waals surface area contributed by atoms with Gasteiger partial charge in [-0.25, -0.2) is 14.0 Å². The highest BCUT2D eigenvalue weighted by atomic mass is 19.1. The van der Waals surface area contributed by atoms with Gasteiger partial charge in [-0.1, -0.05) is 12.1 Å². The van der Waals surface area contributed by atoms with Crippen molar-refractivity contribution in [3.63, 3.8) is 0 Å². The molecule has 2 N–H and O–H groups in total. The molecule has 2 aromatic rings. The maximum absolute atomic E-state index is 13.0. The number of aliphatic carboxylic acids is 2. The molecule has 0 saturated carbocycles. The molecule has 1 aliphatic rings. The first-order valence-electron chi connectivity index (χ1n) is 9.68. The molecule has 0 amide bonds. The van der Waals surface area contributed by atoms with E-state index in [4.69, 9.17) is 29.3 Å². The van der Waals surface area contributed by atoms with Crippen LogP contribution in [0, 0.1) is 5.82 Å². The Hall–Kier alpha value is -3.17. The average Bonchev–Trinajstić information content (AvgIpc) is 2.77. The van der Waals surface area contributed by atoms with E-state index in [1.165, 1.54) is 12.1 Å². The number of ether oxygens (including phenoxy) is 2. The molecule has 1 aliphatic heterocycles.